The molecule has 3 rings (SSSR count). The molecular weight excluding hydrogens is 354 g/mol. The number of nitrogens with zero attached hydrogens (tertiary/aromatic N) is 2. The fourth-order valence-corrected chi connectivity index (χ4v) is 4.32. The van der Waals surface area contributed by atoms with Crippen molar-refractivity contribution in [1.82, 2.24) is 15.2 Å². The molecule has 0 radical (unpaired) electrons. The molecule has 2 aromatic heterocycles. The van der Waals surface area contributed by atoms with E-state index in [0.717, 1.165) is 47.0 Å². The van der Waals surface area contributed by atoms with Gasteiger partial charge < -0.3 is 10.2 Å². The summed E-state index contributed by atoms with van der Waals surface area (Å²) < 4.78 is 1.02. The first-order valence-corrected chi connectivity index (χ1v) is 9.81. The van der Waals surface area contributed by atoms with E-state index in [2.05, 4.69) is 29.0 Å². The highest BCUT2D eigenvalue weighted by molar-refractivity contribution is 7.21. The molecule has 0 fully saturated rings. The molecule has 3 aromatic rings. The maximum atomic E-state index is 12.5. The van der Waals surface area contributed by atoms with Crippen molar-refractivity contribution in [1.29, 1.82) is 0 Å². The van der Waals surface area contributed by atoms with Crippen molar-refractivity contribution in [3.05, 3.63) is 40.4 Å². The second-order valence-corrected chi connectivity index (χ2v) is 7.32. The summed E-state index contributed by atoms with van der Waals surface area (Å²) >= 11 is 7.78. The molecule has 2 heterocycles. The SMILES string of the molecule is CCN(CC)CCCNC(=O)c1cc2c(Cl)nc3ccccc3c2s1. The van der Waals surface area contributed by atoms with Crippen LogP contribution < -0.4 is 5.32 Å². The number of rotatable bonds is 7. The third kappa shape index (κ3) is 3.94. The van der Waals surface area contributed by atoms with E-state index in [0.29, 0.717) is 16.6 Å². The Kier molecular flexibility index (Phi) is 5.89. The molecule has 0 saturated heterocycles. The van der Waals surface area contributed by atoms with Gasteiger partial charge in [-0.2, -0.15) is 0 Å². The lowest BCUT2D eigenvalue weighted by atomic mass is 10.2. The van der Waals surface area contributed by atoms with Gasteiger partial charge in [-0.15, -0.1) is 11.3 Å². The minimum absolute atomic E-state index is 0.0408. The maximum absolute atomic E-state index is 12.5. The van der Waals surface area contributed by atoms with Gasteiger partial charge in [0, 0.05) is 22.0 Å². The minimum Gasteiger partial charge on any atom is -0.351 e. The lowest BCUT2D eigenvalue weighted by Crippen LogP contribution is -2.29. The monoisotopic (exact) mass is 375 g/mol. The molecule has 6 heteroatoms. The molecule has 0 spiro atoms. The van der Waals surface area contributed by atoms with Crippen LogP contribution in [0, 0.1) is 0 Å². The quantitative estimate of drug-likeness (QED) is 0.486. The van der Waals surface area contributed by atoms with Crippen LogP contribution in [0.4, 0.5) is 0 Å². The average molecular weight is 376 g/mol. The number of pyridine rings is 1. The van der Waals surface area contributed by atoms with Gasteiger partial charge in [-0.05, 0) is 38.2 Å². The largest absolute Gasteiger partial charge is 0.351 e. The molecular formula is C19H22ClN3OS. The summed E-state index contributed by atoms with van der Waals surface area (Å²) in [5.41, 5.74) is 0.855. The van der Waals surface area contributed by atoms with Gasteiger partial charge in [0.2, 0.25) is 0 Å². The van der Waals surface area contributed by atoms with Crippen LogP contribution in [0.1, 0.15) is 29.9 Å². The van der Waals surface area contributed by atoms with Crippen molar-refractivity contribution in [3.8, 4) is 0 Å². The molecule has 1 amide bonds. The van der Waals surface area contributed by atoms with Crippen molar-refractivity contribution in [3.63, 3.8) is 0 Å². The number of hydrogen-bond acceptors (Lipinski definition) is 4. The van der Waals surface area contributed by atoms with Crippen LogP contribution in [-0.2, 0) is 0 Å². The van der Waals surface area contributed by atoms with Gasteiger partial charge in [0.15, 0.2) is 0 Å². The van der Waals surface area contributed by atoms with E-state index >= 15 is 0 Å². The molecule has 4 nitrogen and oxygen atoms in total. The summed E-state index contributed by atoms with van der Waals surface area (Å²) in [6.07, 6.45) is 0.948. The Morgan fingerprint density at radius 3 is 2.76 bits per heavy atom. The van der Waals surface area contributed by atoms with Gasteiger partial charge in [-0.1, -0.05) is 43.6 Å². The number of benzene rings is 1. The van der Waals surface area contributed by atoms with E-state index in [1.807, 2.05) is 30.3 Å². The van der Waals surface area contributed by atoms with Gasteiger partial charge >= 0.3 is 0 Å². The first-order chi connectivity index (χ1) is 12.1. The molecule has 0 atom stereocenters. The summed E-state index contributed by atoms with van der Waals surface area (Å²) in [5, 5.41) is 5.34. The molecule has 0 aliphatic rings. The Bertz CT molecular complexity index is 889. The number of halogens is 1. The summed E-state index contributed by atoms with van der Waals surface area (Å²) in [6.45, 7) is 8.07. The number of carbonyl (C=O) groups excluding carboxylic acids is 1. The number of amides is 1. The lowest BCUT2D eigenvalue weighted by Gasteiger charge is -2.17. The number of nitrogens with one attached hydrogen (secondary N) is 1. The predicted octanol–water partition coefficient (Wildman–Crippen LogP) is 4.56. The van der Waals surface area contributed by atoms with Crippen molar-refractivity contribution < 1.29 is 4.79 Å². The fraction of sp³-hybridized carbons (Fsp3) is 0.368. The van der Waals surface area contributed by atoms with Crippen molar-refractivity contribution >= 4 is 49.8 Å². The molecule has 0 aliphatic carbocycles. The Labute approximate surface area is 156 Å². The normalized spacial score (nSPS) is 11.5. The number of thiophene rings is 1. The third-order valence-corrected chi connectivity index (χ3v) is 5.83. The van der Waals surface area contributed by atoms with Gasteiger partial charge in [0.1, 0.15) is 5.15 Å². The Morgan fingerprint density at radius 2 is 2.00 bits per heavy atom. The van der Waals surface area contributed by atoms with Crippen LogP contribution >= 0.6 is 22.9 Å². The van der Waals surface area contributed by atoms with Gasteiger partial charge in [0.05, 0.1) is 10.4 Å². The topological polar surface area (TPSA) is 45.2 Å². The standard InChI is InChI=1S/C19H22ClN3OS/c1-3-23(4-2)11-7-10-21-19(24)16-12-14-17(25-16)13-8-5-6-9-15(13)22-18(14)20/h5-6,8-9,12H,3-4,7,10-11H2,1-2H3,(H,21,24). The first-order valence-electron chi connectivity index (χ1n) is 8.62. The highest BCUT2D eigenvalue weighted by Crippen LogP contribution is 2.35. The van der Waals surface area contributed by atoms with Crippen molar-refractivity contribution in [2.45, 2.75) is 20.3 Å². The molecule has 0 saturated carbocycles. The van der Waals surface area contributed by atoms with Gasteiger partial charge in [0.25, 0.3) is 5.91 Å². The molecule has 0 bridgehead atoms. The summed E-state index contributed by atoms with van der Waals surface area (Å²) in [4.78, 5) is 19.9. The van der Waals surface area contributed by atoms with Crippen LogP contribution in [0.25, 0.3) is 21.0 Å². The molecule has 25 heavy (non-hydrogen) atoms. The number of carbonyl (C=O) groups is 1. The van der Waals surface area contributed by atoms with Gasteiger partial charge in [-0.25, -0.2) is 4.98 Å². The van der Waals surface area contributed by atoms with Crippen LogP contribution in [0.3, 0.4) is 0 Å². The number of aromatic nitrogens is 1. The minimum atomic E-state index is -0.0408. The zero-order chi connectivity index (χ0) is 17.8. The average Bonchev–Trinajstić information content (AvgIpc) is 3.08. The molecule has 1 N–H and O–H groups in total. The van der Waals surface area contributed by atoms with E-state index in [9.17, 15) is 4.79 Å². The molecule has 132 valence electrons. The third-order valence-electron chi connectivity index (χ3n) is 4.38. The predicted molar refractivity (Wildman–Crippen MR) is 107 cm³/mol. The van der Waals surface area contributed by atoms with E-state index < -0.39 is 0 Å². The zero-order valence-electron chi connectivity index (χ0n) is 14.5. The maximum Gasteiger partial charge on any atom is 0.261 e. The number of hydrogen-bond donors (Lipinski definition) is 1. The molecule has 0 aliphatic heterocycles. The Hall–Kier alpha value is -1.69. The van der Waals surface area contributed by atoms with E-state index in [1.54, 1.807) is 0 Å². The number of para-hydroxylation sites is 1. The van der Waals surface area contributed by atoms with Crippen LogP contribution in [0.15, 0.2) is 30.3 Å². The summed E-state index contributed by atoms with van der Waals surface area (Å²) in [5.74, 6) is -0.0408. The molecule has 0 unspecified atom stereocenters. The fourth-order valence-electron chi connectivity index (χ4n) is 2.92. The summed E-state index contributed by atoms with van der Waals surface area (Å²) in [7, 11) is 0. The highest BCUT2D eigenvalue weighted by atomic mass is 35.5. The molecule has 1 aromatic carbocycles. The van der Waals surface area contributed by atoms with E-state index in [1.165, 1.54) is 11.3 Å². The van der Waals surface area contributed by atoms with Crippen molar-refractivity contribution in [2.24, 2.45) is 0 Å². The second-order valence-electron chi connectivity index (χ2n) is 5.91. The first kappa shape index (κ1) is 18.1. The van der Waals surface area contributed by atoms with E-state index in [-0.39, 0.29) is 5.91 Å². The highest BCUT2D eigenvalue weighted by Gasteiger charge is 2.15. The lowest BCUT2D eigenvalue weighted by molar-refractivity contribution is 0.0956. The Balaban J connectivity index is 1.74. The van der Waals surface area contributed by atoms with Crippen LogP contribution in [0.2, 0.25) is 5.15 Å². The Morgan fingerprint density at radius 1 is 1.24 bits per heavy atom. The zero-order valence-corrected chi connectivity index (χ0v) is 16.1. The van der Waals surface area contributed by atoms with Crippen molar-refractivity contribution in [2.75, 3.05) is 26.2 Å². The van der Waals surface area contributed by atoms with Crippen LogP contribution in [-0.4, -0.2) is 42.0 Å². The van der Waals surface area contributed by atoms with E-state index in [4.69, 9.17) is 11.6 Å². The van der Waals surface area contributed by atoms with Gasteiger partial charge in [-0.3, -0.25) is 4.79 Å². The second kappa shape index (κ2) is 8.13. The summed E-state index contributed by atoms with van der Waals surface area (Å²) in [6, 6.07) is 9.72. The number of fused-ring (bicyclic) bond motifs is 3. The van der Waals surface area contributed by atoms with Crippen LogP contribution in [0.5, 0.6) is 0 Å². The smallest absolute Gasteiger partial charge is 0.261 e.